The average molecular weight is 309 g/mol. The van der Waals surface area contributed by atoms with Crippen LogP contribution in [0.5, 0.6) is 0 Å². The van der Waals surface area contributed by atoms with Crippen molar-refractivity contribution in [3.63, 3.8) is 0 Å². The Balaban J connectivity index is 1.93. The van der Waals surface area contributed by atoms with Crippen molar-refractivity contribution < 1.29 is 4.79 Å². The molecule has 2 atom stereocenters. The maximum Gasteiger partial charge on any atom is 0.236 e. The van der Waals surface area contributed by atoms with Crippen LogP contribution < -0.4 is 0 Å². The number of hydrogen-bond acceptors (Lipinski definition) is 2. The summed E-state index contributed by atoms with van der Waals surface area (Å²) in [4.78, 5) is 16.4. The first-order chi connectivity index (χ1) is 9.90. The van der Waals surface area contributed by atoms with Gasteiger partial charge in [-0.25, -0.2) is 0 Å². The normalized spacial score (nSPS) is 17.6. The van der Waals surface area contributed by atoms with E-state index in [1.165, 1.54) is 12.8 Å². The molecular formula is C17H25ClN2O. The second kappa shape index (κ2) is 6.80. The first-order valence-corrected chi connectivity index (χ1v) is 7.99. The molecular weight excluding hydrogens is 284 g/mol. The second-order valence-electron chi connectivity index (χ2n) is 6.23. The Bertz CT molecular complexity index is 484. The zero-order valence-corrected chi connectivity index (χ0v) is 14.1. The quantitative estimate of drug-likeness (QED) is 0.802. The third-order valence-electron chi connectivity index (χ3n) is 4.71. The highest BCUT2D eigenvalue weighted by Gasteiger charge is 2.31. The van der Waals surface area contributed by atoms with Crippen molar-refractivity contribution in [1.29, 1.82) is 0 Å². The highest BCUT2D eigenvalue weighted by atomic mass is 35.5. The van der Waals surface area contributed by atoms with Crippen LogP contribution in [0.2, 0.25) is 5.02 Å². The number of benzene rings is 1. The summed E-state index contributed by atoms with van der Waals surface area (Å²) in [7, 11) is 3.92. The van der Waals surface area contributed by atoms with Crippen LogP contribution in [0.15, 0.2) is 24.3 Å². The fourth-order valence-corrected chi connectivity index (χ4v) is 2.71. The van der Waals surface area contributed by atoms with Crippen molar-refractivity contribution >= 4 is 17.5 Å². The highest BCUT2D eigenvalue weighted by Crippen LogP contribution is 2.34. The van der Waals surface area contributed by atoms with Crippen LogP contribution in [-0.4, -0.2) is 42.4 Å². The standard InChI is InChI=1S/C17H25ClN2O/c1-12(14-5-6-14)19(3)11-17(21)20(4)13(2)15-7-9-16(18)10-8-15/h7-10,12-14H,5-6,11H2,1-4H3/t12-,13-/m1/s1. The number of rotatable bonds is 6. The number of hydrogen-bond donors (Lipinski definition) is 0. The van der Waals surface area contributed by atoms with Gasteiger partial charge in [-0.2, -0.15) is 0 Å². The summed E-state index contributed by atoms with van der Waals surface area (Å²) in [5, 5.41) is 0.720. The monoisotopic (exact) mass is 308 g/mol. The summed E-state index contributed by atoms with van der Waals surface area (Å²) in [6, 6.07) is 8.24. The molecule has 0 aliphatic heterocycles. The first kappa shape index (κ1) is 16.3. The van der Waals surface area contributed by atoms with E-state index in [-0.39, 0.29) is 11.9 Å². The first-order valence-electron chi connectivity index (χ1n) is 7.61. The van der Waals surface area contributed by atoms with E-state index >= 15 is 0 Å². The van der Waals surface area contributed by atoms with Crippen molar-refractivity contribution in [2.45, 2.75) is 38.8 Å². The summed E-state index contributed by atoms with van der Waals surface area (Å²) in [5.74, 6) is 0.939. The maximum atomic E-state index is 12.4. The van der Waals surface area contributed by atoms with E-state index < -0.39 is 0 Å². The highest BCUT2D eigenvalue weighted by molar-refractivity contribution is 6.30. The fraction of sp³-hybridized carbons (Fsp3) is 0.588. The van der Waals surface area contributed by atoms with Crippen LogP contribution in [-0.2, 0) is 4.79 Å². The van der Waals surface area contributed by atoms with Crippen molar-refractivity contribution in [3.05, 3.63) is 34.9 Å². The Labute approximate surface area is 132 Å². The Hall–Kier alpha value is -1.06. The molecule has 0 saturated heterocycles. The molecule has 1 aliphatic rings. The average Bonchev–Trinajstić information content (AvgIpc) is 3.30. The van der Waals surface area contributed by atoms with Crippen LogP contribution >= 0.6 is 11.6 Å². The second-order valence-corrected chi connectivity index (χ2v) is 6.66. The molecule has 4 heteroatoms. The number of nitrogens with zero attached hydrogens (tertiary/aromatic N) is 2. The molecule has 0 heterocycles. The van der Waals surface area contributed by atoms with Crippen LogP contribution in [0.25, 0.3) is 0 Å². The Morgan fingerprint density at radius 3 is 2.33 bits per heavy atom. The van der Waals surface area contributed by atoms with Gasteiger partial charge in [0.2, 0.25) is 5.91 Å². The van der Waals surface area contributed by atoms with Crippen molar-refractivity contribution in [2.75, 3.05) is 20.6 Å². The van der Waals surface area contributed by atoms with Gasteiger partial charge < -0.3 is 4.90 Å². The molecule has 1 saturated carbocycles. The number of amides is 1. The molecule has 0 spiro atoms. The lowest BCUT2D eigenvalue weighted by Crippen LogP contribution is -2.41. The summed E-state index contributed by atoms with van der Waals surface area (Å²) in [6.07, 6.45) is 2.60. The molecule has 0 radical (unpaired) electrons. The summed E-state index contributed by atoms with van der Waals surface area (Å²) < 4.78 is 0. The lowest BCUT2D eigenvalue weighted by atomic mass is 10.1. The smallest absolute Gasteiger partial charge is 0.236 e. The molecule has 1 aromatic rings. The van der Waals surface area contributed by atoms with Crippen LogP contribution in [0.4, 0.5) is 0 Å². The molecule has 2 rings (SSSR count). The van der Waals surface area contributed by atoms with Crippen molar-refractivity contribution in [1.82, 2.24) is 9.80 Å². The van der Waals surface area contributed by atoms with E-state index in [1.54, 1.807) is 0 Å². The molecule has 1 fully saturated rings. The predicted molar refractivity (Wildman–Crippen MR) is 87.5 cm³/mol. The van der Waals surface area contributed by atoms with Crippen molar-refractivity contribution in [2.24, 2.45) is 5.92 Å². The van der Waals surface area contributed by atoms with Gasteiger partial charge in [-0.3, -0.25) is 9.69 Å². The van der Waals surface area contributed by atoms with Gasteiger partial charge in [0.1, 0.15) is 0 Å². The van der Waals surface area contributed by atoms with Gasteiger partial charge in [-0.1, -0.05) is 23.7 Å². The predicted octanol–water partition coefficient (Wildman–Crippen LogP) is 3.59. The topological polar surface area (TPSA) is 23.6 Å². The van der Waals surface area contributed by atoms with E-state index in [9.17, 15) is 4.79 Å². The summed E-state index contributed by atoms with van der Waals surface area (Å²) in [5.41, 5.74) is 1.10. The van der Waals surface area contributed by atoms with E-state index in [0.717, 1.165) is 16.5 Å². The molecule has 0 unspecified atom stereocenters. The Morgan fingerprint density at radius 1 is 1.24 bits per heavy atom. The lowest BCUT2D eigenvalue weighted by molar-refractivity contribution is -0.133. The van der Waals surface area contributed by atoms with E-state index in [1.807, 2.05) is 50.2 Å². The number of carbonyl (C=O) groups excluding carboxylic acids is 1. The number of halogens is 1. The van der Waals surface area contributed by atoms with E-state index in [4.69, 9.17) is 11.6 Å². The molecule has 0 N–H and O–H groups in total. The largest absolute Gasteiger partial charge is 0.338 e. The summed E-state index contributed by atoms with van der Waals surface area (Å²) >= 11 is 5.91. The fourth-order valence-electron chi connectivity index (χ4n) is 2.59. The Morgan fingerprint density at radius 2 is 1.81 bits per heavy atom. The third-order valence-corrected chi connectivity index (χ3v) is 4.96. The van der Waals surface area contributed by atoms with Crippen LogP contribution in [0.3, 0.4) is 0 Å². The van der Waals surface area contributed by atoms with Gasteiger partial charge in [0.05, 0.1) is 12.6 Å². The minimum absolute atomic E-state index is 0.0550. The van der Waals surface area contributed by atoms with Gasteiger partial charge in [-0.05, 0) is 57.4 Å². The molecule has 1 amide bonds. The molecule has 0 bridgehead atoms. The third kappa shape index (κ3) is 4.21. The summed E-state index contributed by atoms with van der Waals surface area (Å²) in [6.45, 7) is 4.74. The van der Waals surface area contributed by atoms with Gasteiger partial charge >= 0.3 is 0 Å². The van der Waals surface area contributed by atoms with Gasteiger partial charge in [0, 0.05) is 18.1 Å². The van der Waals surface area contributed by atoms with E-state index in [0.29, 0.717) is 12.6 Å². The van der Waals surface area contributed by atoms with Gasteiger partial charge in [-0.15, -0.1) is 0 Å². The van der Waals surface area contributed by atoms with Crippen LogP contribution in [0, 0.1) is 5.92 Å². The zero-order chi connectivity index (χ0) is 15.6. The molecule has 3 nitrogen and oxygen atoms in total. The van der Waals surface area contributed by atoms with Crippen LogP contribution in [0.1, 0.15) is 38.3 Å². The molecule has 1 aliphatic carbocycles. The maximum absolute atomic E-state index is 12.4. The van der Waals surface area contributed by atoms with Crippen molar-refractivity contribution in [3.8, 4) is 0 Å². The van der Waals surface area contributed by atoms with Gasteiger partial charge in [0.25, 0.3) is 0 Å². The minimum Gasteiger partial charge on any atom is -0.338 e. The molecule has 116 valence electrons. The zero-order valence-electron chi connectivity index (χ0n) is 13.3. The SMILES string of the molecule is C[C@H](C1CC1)N(C)CC(=O)N(C)[C@H](C)c1ccc(Cl)cc1. The van der Waals surface area contributed by atoms with Gasteiger partial charge in [0.15, 0.2) is 0 Å². The minimum atomic E-state index is 0.0550. The molecule has 0 aromatic heterocycles. The molecule has 1 aromatic carbocycles. The van der Waals surface area contributed by atoms with E-state index in [2.05, 4.69) is 11.8 Å². The molecule has 21 heavy (non-hydrogen) atoms. The number of carbonyl (C=O) groups is 1. The lowest BCUT2D eigenvalue weighted by Gasteiger charge is -2.30. The Kier molecular flexibility index (Phi) is 5.28. The number of likely N-dealkylation sites (N-methyl/N-ethyl adjacent to an activating group) is 2.